The number of unbranched alkanes of at least 4 members (excludes halogenated alkanes) is 13. The Kier molecular flexibility index (Phi) is 21.9. The van der Waals surface area contributed by atoms with Crippen LogP contribution in [0, 0.1) is 0 Å². The smallest absolute Gasteiger partial charge is 0.481 e. The van der Waals surface area contributed by atoms with E-state index in [-0.39, 0.29) is 30.7 Å². The molecule has 1 aliphatic heterocycles. The van der Waals surface area contributed by atoms with Gasteiger partial charge in [-0.2, -0.15) is 21.1 Å². The van der Waals surface area contributed by atoms with E-state index >= 15 is 0 Å². The summed E-state index contributed by atoms with van der Waals surface area (Å²) < 4.78 is 53.0. The second-order valence-corrected chi connectivity index (χ2v) is 18.1. The Bertz CT molecular complexity index is 1360. The minimum atomic E-state index is -4.95. The molecule has 6 atom stereocenters. The molecular weight excluding hydrogens is 730 g/mol. The van der Waals surface area contributed by atoms with E-state index in [1.165, 1.54) is 109 Å². The molecule has 1 fully saturated rings. The fourth-order valence-electron chi connectivity index (χ4n) is 6.26. The van der Waals surface area contributed by atoms with Crippen LogP contribution in [0.2, 0.25) is 0 Å². The van der Waals surface area contributed by atoms with Crippen LogP contribution in [0.25, 0.3) is 11.2 Å². The first-order valence-electron chi connectivity index (χ1n) is 19.5. The van der Waals surface area contributed by atoms with Crippen LogP contribution in [0.1, 0.15) is 149 Å². The number of aromatic nitrogens is 4. The van der Waals surface area contributed by atoms with Crippen molar-refractivity contribution in [3.05, 3.63) is 12.7 Å². The van der Waals surface area contributed by atoms with Crippen molar-refractivity contribution in [2.24, 2.45) is 0 Å². The molecule has 52 heavy (non-hydrogen) atoms. The maximum absolute atomic E-state index is 12.5. The highest BCUT2D eigenvalue weighted by atomic mass is 32.2. The molecule has 0 aromatic carbocycles. The Morgan fingerprint density at radius 2 is 1.48 bits per heavy atom. The van der Waals surface area contributed by atoms with E-state index in [9.17, 15) is 24.0 Å². The Hall–Kier alpha value is -1.12. The van der Waals surface area contributed by atoms with Crippen LogP contribution in [0.4, 0.5) is 0 Å². The number of fused-ring (bicyclic) bond motifs is 1. The number of phosphoric ester groups is 2. The molecule has 0 bridgehead atoms. The maximum atomic E-state index is 12.5. The Labute approximate surface area is 314 Å². The molecule has 0 aliphatic carbocycles. The molecule has 1 saturated heterocycles. The Morgan fingerprint density at radius 3 is 2.17 bits per heavy atom. The molecule has 1 aliphatic rings. The fraction of sp³-hybridized carbons (Fsp3) is 0.857. The van der Waals surface area contributed by atoms with Crippen molar-refractivity contribution in [3.63, 3.8) is 0 Å². The molecule has 3 rings (SSSR count). The van der Waals surface area contributed by atoms with Gasteiger partial charge in [0.25, 0.3) is 0 Å². The van der Waals surface area contributed by atoms with Crippen molar-refractivity contribution >= 4 is 38.6 Å². The highest BCUT2D eigenvalue weighted by Gasteiger charge is 2.37. The molecule has 14 nitrogen and oxygen atoms in total. The lowest BCUT2D eigenvalue weighted by Gasteiger charge is -2.24. The number of thioether (sulfide) groups is 1. The maximum Gasteiger partial charge on any atom is 0.481 e. The molecule has 0 radical (unpaired) electrons. The van der Waals surface area contributed by atoms with Gasteiger partial charge in [0.05, 0.1) is 31.7 Å². The number of phosphoric acid groups is 2. The fourth-order valence-corrected chi connectivity index (χ4v) is 9.75. The molecule has 300 valence electrons. The van der Waals surface area contributed by atoms with Crippen molar-refractivity contribution < 1.29 is 46.9 Å². The monoisotopic (exact) mass is 794 g/mol. The minimum absolute atomic E-state index is 0.0212. The number of nitrogens with zero attached hydrogens (tertiary/aromatic N) is 4. The van der Waals surface area contributed by atoms with Gasteiger partial charge in [0, 0.05) is 11.9 Å². The van der Waals surface area contributed by atoms with Gasteiger partial charge in [0.15, 0.2) is 11.2 Å². The van der Waals surface area contributed by atoms with Gasteiger partial charge in [-0.1, -0.05) is 104 Å². The van der Waals surface area contributed by atoms with E-state index in [2.05, 4.69) is 40.0 Å². The Morgan fingerprint density at radius 1 is 0.846 bits per heavy atom. The Balaban J connectivity index is 1.31. The van der Waals surface area contributed by atoms with Crippen molar-refractivity contribution in [2.75, 3.05) is 25.6 Å². The van der Waals surface area contributed by atoms with E-state index in [0.29, 0.717) is 36.8 Å². The molecule has 0 spiro atoms. The molecule has 2 aromatic heterocycles. The number of imidazole rings is 1. The normalized spacial score (nSPS) is 19.9. The van der Waals surface area contributed by atoms with E-state index in [0.717, 1.165) is 12.2 Å². The summed E-state index contributed by atoms with van der Waals surface area (Å²) >= 11 is 2.00. The van der Waals surface area contributed by atoms with Gasteiger partial charge in [-0.3, -0.25) is 13.6 Å². The van der Waals surface area contributed by atoms with Gasteiger partial charge < -0.3 is 24.4 Å². The van der Waals surface area contributed by atoms with Crippen molar-refractivity contribution in [3.8, 4) is 5.88 Å². The predicted octanol–water partition coefficient (Wildman–Crippen LogP) is 9.64. The summed E-state index contributed by atoms with van der Waals surface area (Å²) in [6.45, 7) is 6.33. The summed E-state index contributed by atoms with van der Waals surface area (Å²) in [5.74, 6) is 0.871. The van der Waals surface area contributed by atoms with Crippen LogP contribution in [0.15, 0.2) is 12.7 Å². The molecule has 17 heteroatoms. The summed E-state index contributed by atoms with van der Waals surface area (Å²) in [5, 5.41) is 10.3. The van der Waals surface area contributed by atoms with Crippen LogP contribution in [-0.4, -0.2) is 77.4 Å². The van der Waals surface area contributed by atoms with E-state index in [1.54, 1.807) is 4.57 Å². The lowest BCUT2D eigenvalue weighted by molar-refractivity contribution is -0.0207. The van der Waals surface area contributed by atoms with E-state index in [4.69, 9.17) is 18.5 Å². The lowest BCUT2D eigenvalue weighted by atomic mass is 10.1. The summed E-state index contributed by atoms with van der Waals surface area (Å²) in [5.41, 5.74) is 0.606. The van der Waals surface area contributed by atoms with E-state index in [1.807, 2.05) is 11.8 Å². The van der Waals surface area contributed by atoms with Gasteiger partial charge in [0.1, 0.15) is 12.6 Å². The minimum Gasteiger partial charge on any atom is -0.492 e. The van der Waals surface area contributed by atoms with Crippen LogP contribution in [-0.2, 0) is 32.0 Å². The number of rotatable bonds is 31. The zero-order valence-corrected chi connectivity index (χ0v) is 34.1. The first kappa shape index (κ1) is 45.3. The topological polar surface area (TPSA) is 185 Å². The summed E-state index contributed by atoms with van der Waals surface area (Å²) in [7, 11) is -9.84. The van der Waals surface area contributed by atoms with Crippen molar-refractivity contribution in [1.82, 2.24) is 19.5 Å². The molecule has 0 amide bonds. The molecule has 2 aromatic rings. The number of hydrogen-bond acceptors (Lipinski definition) is 12. The van der Waals surface area contributed by atoms with Gasteiger partial charge in [-0.25, -0.2) is 19.1 Å². The molecule has 4 unspecified atom stereocenters. The standard InChI is InChI=1S/C35H64N4O10P2S/c1-4-6-8-10-11-12-13-14-16-18-25-52-31(20-17-15-9-7-5-2)29(3)45-23-19-24-46-50(41,42)49-51(43,44)47-26-30-21-22-32(48-30)39-28-38-33-34(39)36-27-37-35(33)40/h27-32H,4-26H2,1-3H3,(H,41,42)(H,43,44)(H,36,37,40)/t29?,30-,31?,32+/m0/s1. The van der Waals surface area contributed by atoms with Gasteiger partial charge in [-0.05, 0) is 44.8 Å². The second kappa shape index (κ2) is 25.1. The predicted molar refractivity (Wildman–Crippen MR) is 204 cm³/mol. The summed E-state index contributed by atoms with van der Waals surface area (Å²) in [4.78, 5) is 32.2. The third-order valence-corrected chi connectivity index (χ3v) is 13.4. The number of hydrogen-bond donors (Lipinski definition) is 3. The first-order chi connectivity index (χ1) is 25.0. The first-order valence-corrected chi connectivity index (χ1v) is 23.5. The third-order valence-electron chi connectivity index (χ3n) is 9.23. The van der Waals surface area contributed by atoms with Gasteiger partial charge >= 0.3 is 15.6 Å². The zero-order valence-electron chi connectivity index (χ0n) is 31.5. The molecule has 3 heterocycles. The van der Waals surface area contributed by atoms with Crippen LogP contribution >= 0.6 is 27.4 Å². The van der Waals surface area contributed by atoms with Gasteiger partial charge in [-0.15, -0.1) is 0 Å². The van der Waals surface area contributed by atoms with Crippen molar-refractivity contribution in [2.45, 2.75) is 166 Å². The van der Waals surface area contributed by atoms with Crippen LogP contribution < -0.4 is 0 Å². The van der Waals surface area contributed by atoms with Gasteiger partial charge in [0.2, 0.25) is 5.88 Å². The largest absolute Gasteiger partial charge is 0.492 e. The average molecular weight is 795 g/mol. The second-order valence-electron chi connectivity index (χ2n) is 13.7. The quantitative estimate of drug-likeness (QED) is 0.0484. The number of aromatic hydroxyl groups is 1. The molecule has 3 N–H and O–H groups in total. The number of ether oxygens (including phenoxy) is 2. The zero-order chi connectivity index (χ0) is 37.7. The highest BCUT2D eigenvalue weighted by molar-refractivity contribution is 7.99. The third kappa shape index (κ3) is 17.6. The lowest BCUT2D eigenvalue weighted by Crippen LogP contribution is -2.25. The highest BCUT2D eigenvalue weighted by Crippen LogP contribution is 2.60. The SMILES string of the molecule is CCCCCCCCCCCCSC(CCCCCCC)C(C)OCCCOP(=O)(O)OP(=O)(O)OC[C@@H]1CC[C@H](n2cnc3c(O)ncnc32)O1. The molecular formula is C35H64N4O10P2S. The average Bonchev–Trinajstić information content (AvgIpc) is 3.76. The molecule has 0 saturated carbocycles. The van der Waals surface area contributed by atoms with Crippen LogP contribution in [0.5, 0.6) is 5.88 Å². The van der Waals surface area contributed by atoms with Crippen molar-refractivity contribution in [1.29, 1.82) is 0 Å². The summed E-state index contributed by atoms with van der Waals surface area (Å²) in [6, 6.07) is 0. The van der Waals surface area contributed by atoms with E-state index < -0.39 is 28.0 Å². The summed E-state index contributed by atoms with van der Waals surface area (Å²) in [6.07, 6.45) is 23.4. The van der Waals surface area contributed by atoms with Crippen LogP contribution in [0.3, 0.4) is 0 Å².